The first-order valence-electron chi connectivity index (χ1n) is 6.90. The van der Waals surface area contributed by atoms with Gasteiger partial charge in [0.2, 0.25) is 0 Å². The maximum Gasteiger partial charge on any atom is 0.191 e. The van der Waals surface area contributed by atoms with Crippen molar-refractivity contribution in [3.05, 3.63) is 42.2 Å². The highest BCUT2D eigenvalue weighted by atomic mass is 127. The van der Waals surface area contributed by atoms with Gasteiger partial charge in [-0.15, -0.1) is 24.0 Å². The lowest BCUT2D eigenvalue weighted by atomic mass is 10.3. The summed E-state index contributed by atoms with van der Waals surface area (Å²) >= 11 is 0. The van der Waals surface area contributed by atoms with E-state index in [9.17, 15) is 0 Å². The number of pyridine rings is 1. The molecule has 1 heterocycles. The molecule has 1 aromatic heterocycles. The van der Waals surface area contributed by atoms with Gasteiger partial charge in [0.25, 0.3) is 0 Å². The minimum absolute atomic E-state index is 0. The van der Waals surface area contributed by atoms with Crippen LogP contribution in [-0.4, -0.2) is 30.6 Å². The summed E-state index contributed by atoms with van der Waals surface area (Å²) in [6, 6.07) is 5.99. The van der Waals surface area contributed by atoms with E-state index < -0.39 is 0 Å². The Morgan fingerprint density at radius 2 is 2.20 bits per heavy atom. The monoisotopic (exact) mass is 388 g/mol. The topological polar surface area (TPSA) is 49.3 Å². The van der Waals surface area contributed by atoms with Gasteiger partial charge in [0.15, 0.2) is 5.96 Å². The summed E-state index contributed by atoms with van der Waals surface area (Å²) in [6.07, 6.45) is 7.89. The molecule has 0 aliphatic heterocycles. The number of guanidine groups is 1. The van der Waals surface area contributed by atoms with Crippen LogP contribution in [0, 0.1) is 0 Å². The number of halogens is 1. The molecule has 4 nitrogen and oxygen atoms in total. The molecule has 0 saturated carbocycles. The van der Waals surface area contributed by atoms with Crippen molar-refractivity contribution in [1.29, 1.82) is 0 Å². The molecule has 0 bridgehead atoms. The predicted molar refractivity (Wildman–Crippen MR) is 96.8 cm³/mol. The first kappa shape index (κ1) is 18.9. The summed E-state index contributed by atoms with van der Waals surface area (Å²) in [7, 11) is 0. The number of rotatable bonds is 7. The lowest BCUT2D eigenvalue weighted by Crippen LogP contribution is -2.38. The van der Waals surface area contributed by atoms with Gasteiger partial charge in [-0.05, 0) is 32.4 Å². The van der Waals surface area contributed by atoms with Crippen molar-refractivity contribution in [3.8, 4) is 0 Å². The quantitative estimate of drug-likeness (QED) is 0.248. The lowest BCUT2D eigenvalue weighted by molar-refractivity contribution is 0.787. The first-order chi connectivity index (χ1) is 9.36. The van der Waals surface area contributed by atoms with Gasteiger partial charge in [-0.25, -0.2) is 0 Å². The van der Waals surface area contributed by atoms with Gasteiger partial charge in [-0.1, -0.05) is 18.2 Å². The van der Waals surface area contributed by atoms with Crippen LogP contribution in [0.1, 0.15) is 26.0 Å². The molecule has 0 amide bonds. The zero-order chi connectivity index (χ0) is 13.8. The minimum Gasteiger partial charge on any atom is -0.357 e. The third-order valence-electron chi connectivity index (χ3n) is 2.55. The highest BCUT2D eigenvalue weighted by Gasteiger charge is 1.97. The molecule has 0 aliphatic rings. The molecule has 2 N–H and O–H groups in total. The smallest absolute Gasteiger partial charge is 0.191 e. The van der Waals surface area contributed by atoms with E-state index in [1.54, 1.807) is 0 Å². The standard InChI is InChI=1S/C15H24N4.HI/c1-3-5-7-12-18-15(16-4-2)19-13-10-14-9-6-8-11-17-14;/h3,5-6,8-9,11H,4,7,10,12-13H2,1-2H3,(H2,16,18,19);1H. The summed E-state index contributed by atoms with van der Waals surface area (Å²) in [5.41, 5.74) is 1.10. The number of hydrogen-bond donors (Lipinski definition) is 2. The van der Waals surface area contributed by atoms with E-state index >= 15 is 0 Å². The van der Waals surface area contributed by atoms with Crippen LogP contribution >= 0.6 is 24.0 Å². The Labute approximate surface area is 139 Å². The Balaban J connectivity index is 0.00000361. The van der Waals surface area contributed by atoms with Crippen molar-refractivity contribution in [2.24, 2.45) is 4.99 Å². The number of allylic oxidation sites excluding steroid dienone is 1. The Morgan fingerprint density at radius 1 is 1.35 bits per heavy atom. The maximum absolute atomic E-state index is 4.50. The van der Waals surface area contributed by atoms with Crippen LogP contribution in [-0.2, 0) is 6.42 Å². The molecule has 20 heavy (non-hydrogen) atoms. The number of aliphatic imine (C=N–C) groups is 1. The van der Waals surface area contributed by atoms with Crippen molar-refractivity contribution >= 4 is 29.9 Å². The molecule has 112 valence electrons. The zero-order valence-corrected chi connectivity index (χ0v) is 14.6. The van der Waals surface area contributed by atoms with Crippen LogP contribution in [0.3, 0.4) is 0 Å². The molecule has 5 heteroatoms. The van der Waals surface area contributed by atoms with Crippen LogP contribution in [0.15, 0.2) is 41.5 Å². The molecule has 1 aromatic rings. The van der Waals surface area contributed by atoms with Crippen LogP contribution in [0.25, 0.3) is 0 Å². The third-order valence-corrected chi connectivity index (χ3v) is 2.55. The fourth-order valence-electron chi connectivity index (χ4n) is 1.61. The Bertz CT molecular complexity index is 390. The second-order valence-electron chi connectivity index (χ2n) is 4.12. The Hall–Kier alpha value is -1.11. The normalized spacial score (nSPS) is 11.2. The van der Waals surface area contributed by atoms with E-state index in [1.807, 2.05) is 31.3 Å². The van der Waals surface area contributed by atoms with Crippen LogP contribution in [0.4, 0.5) is 0 Å². The fraction of sp³-hybridized carbons (Fsp3) is 0.467. The number of nitrogens with one attached hydrogen (secondary N) is 2. The fourth-order valence-corrected chi connectivity index (χ4v) is 1.61. The van der Waals surface area contributed by atoms with Crippen molar-refractivity contribution < 1.29 is 0 Å². The average molecular weight is 388 g/mol. The summed E-state index contributed by atoms with van der Waals surface area (Å²) in [6.45, 7) is 6.62. The largest absolute Gasteiger partial charge is 0.357 e. The molecule has 0 unspecified atom stereocenters. The molecule has 0 spiro atoms. The molecular formula is C15H25IN4. The highest BCUT2D eigenvalue weighted by Crippen LogP contribution is 1.93. The number of nitrogens with zero attached hydrogens (tertiary/aromatic N) is 2. The lowest BCUT2D eigenvalue weighted by Gasteiger charge is -2.10. The first-order valence-corrected chi connectivity index (χ1v) is 6.90. The van der Waals surface area contributed by atoms with Gasteiger partial charge in [-0.3, -0.25) is 9.98 Å². The summed E-state index contributed by atoms with van der Waals surface area (Å²) in [4.78, 5) is 8.80. The van der Waals surface area contributed by atoms with E-state index in [0.29, 0.717) is 0 Å². The van der Waals surface area contributed by atoms with Gasteiger partial charge in [-0.2, -0.15) is 0 Å². The van der Waals surface area contributed by atoms with E-state index in [4.69, 9.17) is 0 Å². The van der Waals surface area contributed by atoms with Gasteiger partial charge in [0, 0.05) is 37.9 Å². The molecule has 0 atom stereocenters. The van der Waals surface area contributed by atoms with E-state index in [1.165, 1.54) is 0 Å². The Morgan fingerprint density at radius 3 is 2.85 bits per heavy atom. The molecular weight excluding hydrogens is 363 g/mol. The van der Waals surface area contributed by atoms with Gasteiger partial charge >= 0.3 is 0 Å². The molecule has 0 saturated heterocycles. The van der Waals surface area contributed by atoms with Gasteiger partial charge < -0.3 is 10.6 Å². The maximum atomic E-state index is 4.50. The SMILES string of the molecule is CC=CCCN=C(NCC)NCCc1ccccn1.I. The van der Waals surface area contributed by atoms with Crippen molar-refractivity contribution in [2.45, 2.75) is 26.7 Å². The molecule has 0 fully saturated rings. The molecule has 1 rings (SSSR count). The van der Waals surface area contributed by atoms with E-state index in [2.05, 4.69) is 39.7 Å². The van der Waals surface area contributed by atoms with E-state index in [-0.39, 0.29) is 24.0 Å². The summed E-state index contributed by atoms with van der Waals surface area (Å²) < 4.78 is 0. The highest BCUT2D eigenvalue weighted by molar-refractivity contribution is 14.0. The van der Waals surface area contributed by atoms with Crippen molar-refractivity contribution in [3.63, 3.8) is 0 Å². The second-order valence-corrected chi connectivity index (χ2v) is 4.12. The number of aromatic nitrogens is 1. The summed E-state index contributed by atoms with van der Waals surface area (Å²) in [5, 5.41) is 6.56. The van der Waals surface area contributed by atoms with Crippen LogP contribution < -0.4 is 10.6 Å². The van der Waals surface area contributed by atoms with Crippen molar-refractivity contribution in [1.82, 2.24) is 15.6 Å². The van der Waals surface area contributed by atoms with E-state index in [0.717, 1.165) is 44.1 Å². The minimum atomic E-state index is 0. The number of hydrogen-bond acceptors (Lipinski definition) is 2. The summed E-state index contributed by atoms with van der Waals surface area (Å²) in [5.74, 6) is 0.878. The average Bonchev–Trinajstić information content (AvgIpc) is 2.44. The van der Waals surface area contributed by atoms with Crippen molar-refractivity contribution in [2.75, 3.05) is 19.6 Å². The van der Waals surface area contributed by atoms with Gasteiger partial charge in [0.05, 0.1) is 0 Å². The molecule has 0 aliphatic carbocycles. The predicted octanol–water partition coefficient (Wildman–Crippen LogP) is 2.76. The third kappa shape index (κ3) is 8.90. The van der Waals surface area contributed by atoms with Gasteiger partial charge in [0.1, 0.15) is 0 Å². The Kier molecular flexibility index (Phi) is 12.2. The molecule has 0 radical (unpaired) electrons. The van der Waals surface area contributed by atoms with Crippen LogP contribution in [0.2, 0.25) is 0 Å². The van der Waals surface area contributed by atoms with Crippen LogP contribution in [0.5, 0.6) is 0 Å². The molecule has 0 aromatic carbocycles. The second kappa shape index (κ2) is 12.9. The zero-order valence-electron chi connectivity index (χ0n) is 12.3.